The molecule has 0 aromatic heterocycles. The van der Waals surface area contributed by atoms with Crippen LogP contribution in [0.15, 0.2) is 0 Å². The normalized spacial score (nSPS) is 26.4. The third-order valence-electron chi connectivity index (χ3n) is 3.15. The number of carbonyl (C=O) groups excluding carboxylic acids is 2. The van der Waals surface area contributed by atoms with Gasteiger partial charge in [0.1, 0.15) is 5.78 Å². The number of hydrogen-bond acceptors (Lipinski definition) is 3. The zero-order chi connectivity index (χ0) is 12.1. The van der Waals surface area contributed by atoms with Crippen molar-refractivity contribution in [2.24, 2.45) is 0 Å². The van der Waals surface area contributed by atoms with Crippen LogP contribution < -0.4 is 5.43 Å². The number of nitrogens with zero attached hydrogens (tertiary/aromatic N) is 1. The van der Waals surface area contributed by atoms with Gasteiger partial charge in [-0.05, 0) is 33.6 Å². The number of amides is 1. The van der Waals surface area contributed by atoms with Gasteiger partial charge in [-0.1, -0.05) is 6.42 Å². The highest BCUT2D eigenvalue weighted by molar-refractivity contribution is 5.83. The van der Waals surface area contributed by atoms with Gasteiger partial charge in [-0.25, -0.2) is 5.01 Å². The summed E-state index contributed by atoms with van der Waals surface area (Å²) in [6.45, 7) is 5.77. The van der Waals surface area contributed by atoms with Crippen molar-refractivity contribution >= 4 is 11.7 Å². The van der Waals surface area contributed by atoms with E-state index in [9.17, 15) is 9.59 Å². The lowest BCUT2D eigenvalue weighted by Gasteiger charge is -2.38. The van der Waals surface area contributed by atoms with Crippen molar-refractivity contribution in [1.82, 2.24) is 10.4 Å². The Bertz CT molecular complexity index is 256. The molecule has 1 aliphatic rings. The minimum absolute atomic E-state index is 0.0456. The van der Waals surface area contributed by atoms with Crippen molar-refractivity contribution < 1.29 is 9.59 Å². The van der Waals surface area contributed by atoms with E-state index in [0.29, 0.717) is 24.9 Å². The van der Waals surface area contributed by atoms with E-state index in [1.165, 1.54) is 13.3 Å². The number of piperidine rings is 1. The predicted molar refractivity (Wildman–Crippen MR) is 62.7 cm³/mol. The molecule has 1 rings (SSSR count). The van der Waals surface area contributed by atoms with Crippen LogP contribution in [0.4, 0.5) is 0 Å². The number of carbonyl (C=O) groups is 2. The van der Waals surface area contributed by atoms with E-state index in [0.717, 1.165) is 12.8 Å². The highest BCUT2D eigenvalue weighted by atomic mass is 16.2. The quantitative estimate of drug-likeness (QED) is 0.793. The number of Topliss-reactive ketones (excluding diaryl/α,β-unsaturated/α-hetero) is 1. The number of hydrazine groups is 1. The van der Waals surface area contributed by atoms with E-state index in [1.54, 1.807) is 0 Å². The lowest BCUT2D eigenvalue weighted by Crippen LogP contribution is -2.54. The molecule has 1 amide bonds. The smallest absolute Gasteiger partial charge is 0.234 e. The fourth-order valence-corrected chi connectivity index (χ4v) is 2.13. The summed E-state index contributed by atoms with van der Waals surface area (Å²) >= 11 is 0. The molecule has 0 aromatic rings. The lowest BCUT2D eigenvalue weighted by atomic mass is 10.00. The molecule has 2 atom stereocenters. The number of rotatable bonds is 4. The molecular formula is C12H22N2O2. The first kappa shape index (κ1) is 13.2. The van der Waals surface area contributed by atoms with Crippen molar-refractivity contribution in [1.29, 1.82) is 0 Å². The maximum absolute atomic E-state index is 11.6. The molecule has 0 bridgehead atoms. The fourth-order valence-electron chi connectivity index (χ4n) is 2.13. The number of hydrogen-bond donors (Lipinski definition) is 1. The Morgan fingerprint density at radius 3 is 2.25 bits per heavy atom. The van der Waals surface area contributed by atoms with Gasteiger partial charge in [-0.15, -0.1) is 0 Å². The van der Waals surface area contributed by atoms with Crippen LogP contribution in [-0.4, -0.2) is 28.8 Å². The van der Waals surface area contributed by atoms with Gasteiger partial charge in [0.2, 0.25) is 5.91 Å². The molecule has 1 heterocycles. The molecule has 1 saturated heterocycles. The largest absolute Gasteiger partial charge is 0.300 e. The second-order valence-corrected chi connectivity index (χ2v) is 4.77. The van der Waals surface area contributed by atoms with E-state index in [1.807, 2.05) is 5.01 Å². The van der Waals surface area contributed by atoms with Crippen LogP contribution in [0.5, 0.6) is 0 Å². The Morgan fingerprint density at radius 2 is 1.75 bits per heavy atom. The van der Waals surface area contributed by atoms with E-state index >= 15 is 0 Å². The monoisotopic (exact) mass is 226 g/mol. The van der Waals surface area contributed by atoms with Crippen molar-refractivity contribution in [2.45, 2.75) is 65.0 Å². The number of nitrogens with one attached hydrogen (secondary N) is 1. The van der Waals surface area contributed by atoms with Crippen molar-refractivity contribution in [2.75, 3.05) is 0 Å². The summed E-state index contributed by atoms with van der Waals surface area (Å²) in [7, 11) is 0. The summed E-state index contributed by atoms with van der Waals surface area (Å²) in [6.07, 6.45) is 4.10. The molecule has 16 heavy (non-hydrogen) atoms. The van der Waals surface area contributed by atoms with Crippen LogP contribution in [0.2, 0.25) is 0 Å². The molecule has 1 aliphatic heterocycles. The Kier molecular flexibility index (Phi) is 4.93. The Labute approximate surface area is 97.4 Å². The molecule has 4 nitrogen and oxygen atoms in total. The first-order valence-corrected chi connectivity index (χ1v) is 6.08. The second kappa shape index (κ2) is 5.99. The van der Waals surface area contributed by atoms with Gasteiger partial charge >= 0.3 is 0 Å². The zero-order valence-electron chi connectivity index (χ0n) is 10.5. The van der Waals surface area contributed by atoms with Crippen LogP contribution in [0.3, 0.4) is 0 Å². The third-order valence-corrected chi connectivity index (χ3v) is 3.15. The van der Waals surface area contributed by atoms with Crippen LogP contribution in [0.25, 0.3) is 0 Å². The topological polar surface area (TPSA) is 49.4 Å². The molecule has 0 spiro atoms. The van der Waals surface area contributed by atoms with Crippen LogP contribution in [0.1, 0.15) is 52.9 Å². The van der Waals surface area contributed by atoms with E-state index in [4.69, 9.17) is 0 Å². The summed E-state index contributed by atoms with van der Waals surface area (Å²) in [5.74, 6) is 0.0192. The van der Waals surface area contributed by atoms with E-state index in [-0.39, 0.29) is 11.7 Å². The predicted octanol–water partition coefficient (Wildman–Crippen LogP) is 1.65. The Balaban J connectivity index is 2.39. The highest BCUT2D eigenvalue weighted by Gasteiger charge is 2.25. The molecule has 0 aromatic carbocycles. The van der Waals surface area contributed by atoms with Crippen molar-refractivity contribution in [3.8, 4) is 0 Å². The van der Waals surface area contributed by atoms with Crippen LogP contribution in [0, 0.1) is 0 Å². The minimum atomic E-state index is -0.0456. The standard InChI is InChI=1S/C12H22N2O2/c1-9-5-4-6-10(2)14(9)13-12(16)8-7-11(3)15/h9-10H,4-8H2,1-3H3,(H,13,16). The molecule has 2 unspecified atom stereocenters. The van der Waals surface area contributed by atoms with Gasteiger partial charge in [0.25, 0.3) is 0 Å². The Morgan fingerprint density at radius 1 is 1.19 bits per heavy atom. The fraction of sp³-hybridized carbons (Fsp3) is 0.833. The molecule has 1 N–H and O–H groups in total. The minimum Gasteiger partial charge on any atom is -0.300 e. The molecule has 0 saturated carbocycles. The van der Waals surface area contributed by atoms with E-state index < -0.39 is 0 Å². The second-order valence-electron chi connectivity index (χ2n) is 4.77. The molecular weight excluding hydrogens is 204 g/mol. The lowest BCUT2D eigenvalue weighted by molar-refractivity contribution is -0.131. The third kappa shape index (κ3) is 3.93. The maximum atomic E-state index is 11.6. The summed E-state index contributed by atoms with van der Waals surface area (Å²) in [4.78, 5) is 22.4. The first-order chi connectivity index (χ1) is 7.50. The average Bonchev–Trinajstić information content (AvgIpc) is 2.21. The van der Waals surface area contributed by atoms with Crippen LogP contribution in [-0.2, 0) is 9.59 Å². The molecule has 4 heteroatoms. The SMILES string of the molecule is CC(=O)CCC(=O)NN1C(C)CCCC1C. The van der Waals surface area contributed by atoms with Gasteiger partial charge in [0.05, 0.1) is 0 Å². The number of ketones is 1. The summed E-state index contributed by atoms with van der Waals surface area (Å²) < 4.78 is 0. The summed E-state index contributed by atoms with van der Waals surface area (Å²) in [6, 6.07) is 0.787. The summed E-state index contributed by atoms with van der Waals surface area (Å²) in [5, 5.41) is 2.03. The first-order valence-electron chi connectivity index (χ1n) is 6.08. The Hall–Kier alpha value is -0.900. The zero-order valence-corrected chi connectivity index (χ0v) is 10.5. The van der Waals surface area contributed by atoms with Crippen molar-refractivity contribution in [3.63, 3.8) is 0 Å². The van der Waals surface area contributed by atoms with Gasteiger partial charge in [0.15, 0.2) is 0 Å². The van der Waals surface area contributed by atoms with E-state index in [2.05, 4.69) is 19.3 Å². The molecule has 92 valence electrons. The van der Waals surface area contributed by atoms with Gasteiger partial charge in [0, 0.05) is 24.9 Å². The summed E-state index contributed by atoms with van der Waals surface area (Å²) in [5.41, 5.74) is 2.92. The highest BCUT2D eigenvalue weighted by Crippen LogP contribution is 2.20. The maximum Gasteiger partial charge on any atom is 0.234 e. The molecule has 0 radical (unpaired) electrons. The van der Waals surface area contributed by atoms with Crippen molar-refractivity contribution in [3.05, 3.63) is 0 Å². The van der Waals surface area contributed by atoms with Gasteiger partial charge < -0.3 is 4.79 Å². The molecule has 1 fully saturated rings. The van der Waals surface area contributed by atoms with Gasteiger partial charge in [-0.3, -0.25) is 10.2 Å². The van der Waals surface area contributed by atoms with Crippen LogP contribution >= 0.6 is 0 Å². The molecule has 0 aliphatic carbocycles. The average molecular weight is 226 g/mol. The van der Waals surface area contributed by atoms with Gasteiger partial charge in [-0.2, -0.15) is 0 Å².